The molecule has 6 rings (SSSR count). The Morgan fingerprint density at radius 1 is 1.09 bits per heavy atom. The van der Waals surface area contributed by atoms with E-state index in [4.69, 9.17) is 17.1 Å². The van der Waals surface area contributed by atoms with Gasteiger partial charge < -0.3 is 10.8 Å². The fourth-order valence-corrected chi connectivity index (χ4v) is 4.72. The smallest absolute Gasteiger partial charge is 0.150 e. The minimum atomic E-state index is -0.652. The molecule has 0 atom stereocenters. The van der Waals surface area contributed by atoms with Gasteiger partial charge in [0.05, 0.1) is 18.2 Å². The first-order chi connectivity index (χ1) is 15.9. The van der Waals surface area contributed by atoms with Crippen LogP contribution in [0, 0.1) is 0 Å². The SMILES string of the molecule is [2H]c1cc(-c2ccccc2)nc2cc(-c3nc([C@H]4C[C@@](C)(O)C4)n4ccnc(N)c34)ccc12. The Morgan fingerprint density at radius 3 is 2.69 bits per heavy atom. The summed E-state index contributed by atoms with van der Waals surface area (Å²) in [6.07, 6.45) is 4.87. The average molecular weight is 423 g/mol. The van der Waals surface area contributed by atoms with Crippen LogP contribution in [0.2, 0.25) is 0 Å². The fraction of sp³-hybridized carbons (Fsp3) is 0.192. The number of benzene rings is 2. The molecular weight excluding hydrogens is 398 g/mol. The standard InChI is InChI=1S/C26H23N5O/c1-26(32)14-19(15-26)25-30-22(23-24(27)28-11-12-31(23)25)18-8-7-17-9-10-20(29-21(17)13-18)16-5-3-2-4-6-16/h2-13,19,32H,14-15H2,1H3,(H2,27,28)/t19-,26+/i9D. The number of imidazole rings is 1. The van der Waals surface area contributed by atoms with Crippen molar-refractivity contribution in [2.75, 3.05) is 5.73 Å². The Labute approximate surface area is 186 Å². The maximum Gasteiger partial charge on any atom is 0.150 e. The van der Waals surface area contributed by atoms with E-state index in [1.54, 1.807) is 12.3 Å². The zero-order chi connectivity index (χ0) is 22.7. The van der Waals surface area contributed by atoms with Crippen molar-refractivity contribution in [3.8, 4) is 22.5 Å². The van der Waals surface area contributed by atoms with Gasteiger partial charge in [-0.1, -0.05) is 48.5 Å². The van der Waals surface area contributed by atoms with Crippen LogP contribution >= 0.6 is 0 Å². The molecule has 0 spiro atoms. The number of nitrogen functional groups attached to an aromatic ring is 1. The predicted octanol–water partition coefficient (Wildman–Crippen LogP) is 4.82. The van der Waals surface area contributed by atoms with Crippen LogP contribution in [0.4, 0.5) is 5.82 Å². The van der Waals surface area contributed by atoms with Gasteiger partial charge in [-0.2, -0.15) is 0 Å². The lowest BCUT2D eigenvalue weighted by atomic mass is 9.72. The topological polar surface area (TPSA) is 89.3 Å². The van der Waals surface area contributed by atoms with Crippen LogP contribution in [0.1, 0.15) is 32.9 Å². The molecule has 158 valence electrons. The van der Waals surface area contributed by atoms with Gasteiger partial charge in [-0.25, -0.2) is 15.0 Å². The normalized spacial score (nSPS) is 20.9. The number of hydrogen-bond donors (Lipinski definition) is 2. The average Bonchev–Trinajstić information content (AvgIpc) is 3.18. The zero-order valence-corrected chi connectivity index (χ0v) is 17.7. The Balaban J connectivity index is 1.53. The monoisotopic (exact) mass is 422 g/mol. The summed E-state index contributed by atoms with van der Waals surface area (Å²) in [5.41, 5.74) is 10.5. The van der Waals surface area contributed by atoms with E-state index in [2.05, 4.69) is 4.98 Å². The van der Waals surface area contributed by atoms with Gasteiger partial charge in [-0.3, -0.25) is 4.40 Å². The molecule has 1 aliphatic carbocycles. The van der Waals surface area contributed by atoms with Crippen molar-refractivity contribution < 1.29 is 6.48 Å². The van der Waals surface area contributed by atoms with E-state index >= 15 is 0 Å². The molecule has 0 amide bonds. The van der Waals surface area contributed by atoms with Crippen molar-refractivity contribution in [1.29, 1.82) is 0 Å². The molecule has 5 aromatic rings. The van der Waals surface area contributed by atoms with Crippen molar-refractivity contribution in [1.82, 2.24) is 19.4 Å². The first kappa shape index (κ1) is 17.9. The number of aliphatic hydroxyl groups is 1. The maximum atomic E-state index is 10.3. The molecule has 0 bridgehead atoms. The second kappa shape index (κ2) is 6.87. The second-order valence-electron chi connectivity index (χ2n) is 8.84. The van der Waals surface area contributed by atoms with Gasteiger partial charge >= 0.3 is 0 Å². The molecule has 0 aliphatic heterocycles. The summed E-state index contributed by atoms with van der Waals surface area (Å²) in [6.45, 7) is 1.86. The fourth-order valence-electron chi connectivity index (χ4n) is 4.72. The van der Waals surface area contributed by atoms with E-state index in [9.17, 15) is 5.11 Å². The Morgan fingerprint density at radius 2 is 1.91 bits per heavy atom. The maximum absolute atomic E-state index is 10.3. The van der Waals surface area contributed by atoms with Gasteiger partial charge in [0.25, 0.3) is 0 Å². The van der Waals surface area contributed by atoms with E-state index in [0.717, 1.165) is 44.8 Å². The van der Waals surface area contributed by atoms with Crippen LogP contribution in [-0.2, 0) is 0 Å². The van der Waals surface area contributed by atoms with Crippen molar-refractivity contribution in [3.05, 3.63) is 78.9 Å². The van der Waals surface area contributed by atoms with E-state index < -0.39 is 5.60 Å². The van der Waals surface area contributed by atoms with Gasteiger partial charge in [0.2, 0.25) is 0 Å². The van der Waals surface area contributed by atoms with Gasteiger partial charge in [-0.15, -0.1) is 0 Å². The summed E-state index contributed by atoms with van der Waals surface area (Å²) in [4.78, 5) is 14.1. The highest BCUT2D eigenvalue weighted by Crippen LogP contribution is 2.45. The van der Waals surface area contributed by atoms with Crippen LogP contribution in [-0.4, -0.2) is 30.1 Å². The van der Waals surface area contributed by atoms with Crippen molar-refractivity contribution in [2.24, 2.45) is 0 Å². The molecule has 0 radical (unpaired) electrons. The van der Waals surface area contributed by atoms with Crippen molar-refractivity contribution >= 4 is 22.2 Å². The van der Waals surface area contributed by atoms with Crippen LogP contribution < -0.4 is 5.73 Å². The van der Waals surface area contributed by atoms with Gasteiger partial charge in [0.15, 0.2) is 0 Å². The lowest BCUT2D eigenvalue weighted by Gasteiger charge is -2.40. The lowest BCUT2D eigenvalue weighted by Crippen LogP contribution is -2.40. The lowest BCUT2D eigenvalue weighted by molar-refractivity contribution is -0.0335. The number of rotatable bonds is 3. The van der Waals surface area contributed by atoms with Crippen LogP contribution in [0.3, 0.4) is 0 Å². The Bertz CT molecular complexity index is 1520. The summed E-state index contributed by atoms with van der Waals surface area (Å²) in [5, 5.41) is 11.0. The van der Waals surface area contributed by atoms with Gasteiger partial charge in [0.1, 0.15) is 22.9 Å². The summed E-state index contributed by atoms with van der Waals surface area (Å²) in [7, 11) is 0. The molecule has 32 heavy (non-hydrogen) atoms. The molecule has 3 N–H and O–H groups in total. The summed E-state index contributed by atoms with van der Waals surface area (Å²) >= 11 is 0. The molecule has 1 fully saturated rings. The summed E-state index contributed by atoms with van der Waals surface area (Å²) < 4.78 is 10.5. The molecule has 0 unspecified atom stereocenters. The van der Waals surface area contributed by atoms with Crippen molar-refractivity contribution in [2.45, 2.75) is 31.3 Å². The highest BCUT2D eigenvalue weighted by atomic mass is 16.3. The molecule has 6 nitrogen and oxygen atoms in total. The number of pyridine rings is 1. The van der Waals surface area contributed by atoms with Crippen molar-refractivity contribution in [3.63, 3.8) is 0 Å². The van der Waals surface area contributed by atoms with E-state index in [1.807, 2.05) is 66.1 Å². The quantitative estimate of drug-likeness (QED) is 0.435. The third-order valence-electron chi connectivity index (χ3n) is 6.29. The molecule has 1 saturated carbocycles. The highest BCUT2D eigenvalue weighted by Gasteiger charge is 2.41. The Hall–Kier alpha value is -3.77. The first-order valence-corrected chi connectivity index (χ1v) is 10.7. The molecule has 2 aromatic carbocycles. The third kappa shape index (κ3) is 3.03. The minimum absolute atomic E-state index is 0.158. The number of hydrogen-bond acceptors (Lipinski definition) is 5. The number of fused-ring (bicyclic) bond motifs is 2. The third-order valence-corrected chi connectivity index (χ3v) is 6.29. The molecule has 3 aromatic heterocycles. The second-order valence-corrected chi connectivity index (χ2v) is 8.84. The van der Waals surface area contributed by atoms with Crippen LogP contribution in [0.5, 0.6) is 0 Å². The minimum Gasteiger partial charge on any atom is -0.390 e. The first-order valence-electron chi connectivity index (χ1n) is 11.2. The number of nitrogens with two attached hydrogens (primary N) is 1. The highest BCUT2D eigenvalue weighted by molar-refractivity contribution is 5.91. The van der Waals surface area contributed by atoms with Gasteiger partial charge in [-0.05, 0) is 31.9 Å². The predicted molar refractivity (Wildman–Crippen MR) is 126 cm³/mol. The van der Waals surface area contributed by atoms with Gasteiger partial charge in [0, 0.05) is 34.8 Å². The zero-order valence-electron chi connectivity index (χ0n) is 18.7. The molecule has 3 heterocycles. The molecule has 0 saturated heterocycles. The van der Waals surface area contributed by atoms with Crippen LogP contribution in [0.15, 0.2) is 73.0 Å². The molecule has 1 aliphatic rings. The van der Waals surface area contributed by atoms with E-state index in [0.29, 0.717) is 24.7 Å². The van der Waals surface area contributed by atoms with E-state index in [1.165, 1.54) is 0 Å². The summed E-state index contributed by atoms with van der Waals surface area (Å²) in [6, 6.07) is 18.0. The number of anilines is 1. The van der Waals surface area contributed by atoms with Crippen LogP contribution in [0.25, 0.3) is 38.9 Å². The van der Waals surface area contributed by atoms with E-state index in [-0.39, 0.29) is 5.92 Å². The molecular formula is C26H23N5O. The Kier molecular flexibility index (Phi) is 3.83. The number of nitrogens with zero attached hydrogens (tertiary/aromatic N) is 4. The summed E-state index contributed by atoms with van der Waals surface area (Å²) in [5.74, 6) is 1.45. The number of aromatic nitrogens is 4. The largest absolute Gasteiger partial charge is 0.390 e. The molecule has 6 heteroatoms.